The fraction of sp³-hybridized carbons (Fsp3) is 0.429. The van der Waals surface area contributed by atoms with E-state index in [4.69, 9.17) is 10.5 Å². The van der Waals surface area contributed by atoms with Crippen LogP contribution in [0.25, 0.3) is 0 Å². The molecule has 30 heavy (non-hydrogen) atoms. The van der Waals surface area contributed by atoms with E-state index in [-0.39, 0.29) is 31.0 Å². The van der Waals surface area contributed by atoms with Crippen molar-refractivity contribution < 1.29 is 14.3 Å². The second-order valence-corrected chi connectivity index (χ2v) is 7.24. The molecule has 9 nitrogen and oxygen atoms in total. The number of rotatable bonds is 7. The number of hydrogen-bond donors (Lipinski definition) is 1. The quantitative estimate of drug-likeness (QED) is 0.517. The second kappa shape index (κ2) is 9.08. The Hall–Kier alpha value is -3.20. The van der Waals surface area contributed by atoms with Gasteiger partial charge < -0.3 is 10.5 Å². The van der Waals surface area contributed by atoms with Gasteiger partial charge in [0, 0.05) is 6.54 Å². The van der Waals surface area contributed by atoms with E-state index in [0.29, 0.717) is 13.0 Å². The van der Waals surface area contributed by atoms with Crippen LogP contribution in [-0.2, 0) is 22.6 Å². The van der Waals surface area contributed by atoms with Crippen LogP contribution in [0, 0.1) is 0 Å². The summed E-state index contributed by atoms with van der Waals surface area (Å²) < 4.78 is 7.06. The zero-order chi connectivity index (χ0) is 21.8. The Morgan fingerprint density at radius 2 is 1.87 bits per heavy atom. The molecule has 160 valence electrons. The van der Waals surface area contributed by atoms with Crippen molar-refractivity contribution in [1.29, 1.82) is 0 Å². The van der Waals surface area contributed by atoms with Crippen LogP contribution in [0.4, 0.5) is 5.82 Å². The first-order chi connectivity index (χ1) is 14.4. The number of ether oxygens (including phenoxy) is 1. The van der Waals surface area contributed by atoms with Crippen LogP contribution in [0.1, 0.15) is 35.7 Å². The molecule has 0 saturated carbocycles. The van der Waals surface area contributed by atoms with Gasteiger partial charge in [0.2, 0.25) is 0 Å². The Bertz CT molecular complexity index is 1060. The van der Waals surface area contributed by atoms with E-state index in [1.807, 2.05) is 30.3 Å². The van der Waals surface area contributed by atoms with E-state index in [1.54, 1.807) is 11.8 Å². The van der Waals surface area contributed by atoms with Crippen LogP contribution in [0.15, 0.2) is 39.9 Å². The minimum Gasteiger partial charge on any atom is -0.468 e. The second-order valence-electron chi connectivity index (χ2n) is 7.24. The van der Waals surface area contributed by atoms with Gasteiger partial charge >= 0.3 is 11.7 Å². The molecule has 0 unspecified atom stereocenters. The van der Waals surface area contributed by atoms with Crippen LogP contribution >= 0.6 is 0 Å². The van der Waals surface area contributed by atoms with Crippen molar-refractivity contribution in [3.8, 4) is 0 Å². The minimum absolute atomic E-state index is 0.113. The number of likely N-dealkylation sites (tertiary alicyclic amines) is 1. The maximum atomic E-state index is 13.1. The lowest BCUT2D eigenvalue weighted by atomic mass is 10.1. The molecular formula is C21H26N4O5. The largest absolute Gasteiger partial charge is 0.468 e. The molecule has 1 atom stereocenters. The molecule has 2 heterocycles. The summed E-state index contributed by atoms with van der Waals surface area (Å²) in [5.74, 6) is -1.08. The molecule has 1 aromatic carbocycles. The van der Waals surface area contributed by atoms with Gasteiger partial charge in [-0.15, -0.1) is 0 Å². The molecule has 3 rings (SSSR count). The summed E-state index contributed by atoms with van der Waals surface area (Å²) in [4.78, 5) is 52.4. The van der Waals surface area contributed by atoms with Crippen molar-refractivity contribution in [3.05, 3.63) is 62.3 Å². The monoisotopic (exact) mass is 414 g/mol. The summed E-state index contributed by atoms with van der Waals surface area (Å²) in [6.45, 7) is 2.30. The number of aromatic nitrogens is 2. The molecule has 1 saturated heterocycles. The number of hydrogen-bond acceptors (Lipinski definition) is 7. The summed E-state index contributed by atoms with van der Waals surface area (Å²) in [5, 5.41) is 0. The third kappa shape index (κ3) is 4.06. The van der Waals surface area contributed by atoms with Crippen LogP contribution in [-0.4, -0.2) is 52.0 Å². The van der Waals surface area contributed by atoms with Crippen molar-refractivity contribution in [2.45, 2.75) is 38.9 Å². The average Bonchev–Trinajstić information content (AvgIpc) is 3.19. The summed E-state index contributed by atoms with van der Waals surface area (Å²) in [5.41, 5.74) is 5.50. The number of ketones is 1. The van der Waals surface area contributed by atoms with Crippen LogP contribution in [0.5, 0.6) is 0 Å². The highest BCUT2D eigenvalue weighted by atomic mass is 16.5. The lowest BCUT2D eigenvalue weighted by molar-refractivity contribution is -0.145. The first kappa shape index (κ1) is 21.5. The van der Waals surface area contributed by atoms with E-state index >= 15 is 0 Å². The number of Topliss-reactive ketones (excluding diaryl/α,β-unsaturated/α-hetero) is 1. The first-order valence-electron chi connectivity index (χ1n) is 9.91. The number of anilines is 1. The highest BCUT2D eigenvalue weighted by Crippen LogP contribution is 2.19. The Morgan fingerprint density at radius 3 is 2.50 bits per heavy atom. The lowest BCUT2D eigenvalue weighted by Crippen LogP contribution is -2.46. The molecule has 1 aliphatic rings. The molecule has 1 fully saturated rings. The van der Waals surface area contributed by atoms with Gasteiger partial charge in [0.15, 0.2) is 5.78 Å². The Balaban J connectivity index is 2.00. The minimum atomic E-state index is -0.705. The standard InChI is InChI=1S/C21H26N4O5/c1-3-24-19(27)17(16(26)13-23-11-7-10-15(23)20(28)30-2)18(22)25(21(24)29)12-14-8-5-4-6-9-14/h4-6,8-9,15H,3,7,10-13,22H2,1-2H3/t15-/m1/s1. The molecule has 1 aromatic heterocycles. The number of nitrogen functional groups attached to an aromatic ring is 1. The summed E-state index contributed by atoms with van der Waals surface area (Å²) in [6, 6.07) is 8.66. The number of esters is 1. The van der Waals surface area contributed by atoms with Gasteiger partial charge in [-0.25, -0.2) is 4.79 Å². The van der Waals surface area contributed by atoms with Crippen molar-refractivity contribution >= 4 is 17.6 Å². The first-order valence-corrected chi connectivity index (χ1v) is 9.91. The van der Waals surface area contributed by atoms with E-state index in [0.717, 1.165) is 16.6 Å². The van der Waals surface area contributed by atoms with E-state index < -0.39 is 29.0 Å². The number of benzene rings is 1. The zero-order valence-electron chi connectivity index (χ0n) is 17.2. The van der Waals surface area contributed by atoms with Gasteiger partial charge in [-0.3, -0.25) is 28.4 Å². The fourth-order valence-electron chi connectivity index (χ4n) is 3.86. The smallest absolute Gasteiger partial charge is 0.332 e. The van der Waals surface area contributed by atoms with Gasteiger partial charge in [0.25, 0.3) is 5.56 Å². The predicted octanol–water partition coefficient (Wildman–Crippen LogP) is 0.481. The highest BCUT2D eigenvalue weighted by molar-refractivity contribution is 6.01. The molecule has 0 bridgehead atoms. The number of nitrogens with zero attached hydrogens (tertiary/aromatic N) is 3. The van der Waals surface area contributed by atoms with E-state index in [2.05, 4.69) is 0 Å². The Kier molecular flexibility index (Phi) is 6.51. The summed E-state index contributed by atoms with van der Waals surface area (Å²) >= 11 is 0. The topological polar surface area (TPSA) is 117 Å². The molecule has 1 aliphatic heterocycles. The van der Waals surface area contributed by atoms with Gasteiger partial charge in [0.05, 0.1) is 20.2 Å². The van der Waals surface area contributed by atoms with Gasteiger partial charge in [-0.05, 0) is 31.9 Å². The van der Waals surface area contributed by atoms with Crippen LogP contribution in [0.2, 0.25) is 0 Å². The SMILES string of the molecule is CCn1c(=O)c(C(=O)CN2CCC[C@@H]2C(=O)OC)c(N)n(Cc2ccccc2)c1=O. The predicted molar refractivity (Wildman–Crippen MR) is 112 cm³/mol. The number of carbonyl (C=O) groups is 2. The molecule has 2 aromatic rings. The van der Waals surface area contributed by atoms with Crippen molar-refractivity contribution in [2.75, 3.05) is 25.9 Å². The molecule has 0 radical (unpaired) electrons. The van der Waals surface area contributed by atoms with E-state index in [9.17, 15) is 19.2 Å². The summed E-state index contributed by atoms with van der Waals surface area (Å²) in [7, 11) is 1.30. The maximum absolute atomic E-state index is 13.1. The fourth-order valence-corrected chi connectivity index (χ4v) is 3.86. The molecule has 9 heteroatoms. The third-order valence-electron chi connectivity index (χ3n) is 5.43. The van der Waals surface area contributed by atoms with Crippen molar-refractivity contribution in [3.63, 3.8) is 0 Å². The lowest BCUT2D eigenvalue weighted by Gasteiger charge is -2.22. The van der Waals surface area contributed by atoms with E-state index in [1.165, 1.54) is 11.7 Å². The van der Waals surface area contributed by atoms with Crippen LogP contribution < -0.4 is 17.0 Å². The molecule has 0 spiro atoms. The van der Waals surface area contributed by atoms with Crippen LogP contribution in [0.3, 0.4) is 0 Å². The molecule has 0 aliphatic carbocycles. The zero-order valence-corrected chi connectivity index (χ0v) is 17.2. The highest BCUT2D eigenvalue weighted by Gasteiger charge is 2.34. The normalized spacial score (nSPS) is 16.5. The average molecular weight is 414 g/mol. The molecule has 2 N–H and O–H groups in total. The molecule has 0 amide bonds. The summed E-state index contributed by atoms with van der Waals surface area (Å²) in [6.07, 6.45) is 1.33. The number of nitrogens with two attached hydrogens (primary N) is 1. The van der Waals surface area contributed by atoms with Gasteiger partial charge in [-0.2, -0.15) is 0 Å². The maximum Gasteiger partial charge on any atom is 0.332 e. The van der Waals surface area contributed by atoms with Crippen molar-refractivity contribution in [1.82, 2.24) is 14.0 Å². The third-order valence-corrected chi connectivity index (χ3v) is 5.43. The molecular weight excluding hydrogens is 388 g/mol. The van der Waals surface area contributed by atoms with Crippen molar-refractivity contribution in [2.24, 2.45) is 0 Å². The number of methoxy groups -OCH3 is 1. The number of carbonyl (C=O) groups excluding carboxylic acids is 2. The Labute approximate surface area is 173 Å². The Morgan fingerprint density at radius 1 is 1.17 bits per heavy atom. The van der Waals surface area contributed by atoms with Gasteiger partial charge in [0.1, 0.15) is 17.4 Å². The van der Waals surface area contributed by atoms with Gasteiger partial charge in [-0.1, -0.05) is 30.3 Å².